The number of nitrogens with zero attached hydrogens (tertiary/aromatic N) is 1. The molecule has 0 bridgehead atoms. The molecule has 1 saturated heterocycles. The summed E-state index contributed by atoms with van der Waals surface area (Å²) in [7, 11) is 9.19. The van der Waals surface area contributed by atoms with E-state index in [1.807, 2.05) is 24.3 Å². The van der Waals surface area contributed by atoms with E-state index in [9.17, 15) is 4.79 Å². The molecule has 0 saturated carbocycles. The number of ether oxygens (including phenoxy) is 2. The van der Waals surface area contributed by atoms with E-state index in [2.05, 4.69) is 4.90 Å². The molecular weight excluding hydrogens is 353 g/mol. The molecule has 2 radical (unpaired) electrons. The predicted octanol–water partition coefficient (Wildman–Crippen LogP) is 3.26. The number of hydrogen-bond donors (Lipinski definition) is 0. The van der Waals surface area contributed by atoms with Crippen LogP contribution in [0.2, 0.25) is 0 Å². The van der Waals surface area contributed by atoms with Gasteiger partial charge in [-0.3, -0.25) is 4.79 Å². The standard InChI is InChI=1S/C22H22BNO4/c1-26-17-11-10-16-19(25)18(23)20(28-21(16)22(17)27-2)14-6-8-15(9-7-14)24-12-4-3-5-13-24/h6-11H,3-5,12-13H2,1-2H3. The number of hydrogen-bond acceptors (Lipinski definition) is 5. The Balaban J connectivity index is 1.81. The van der Waals surface area contributed by atoms with Gasteiger partial charge in [0.25, 0.3) is 0 Å². The zero-order valence-corrected chi connectivity index (χ0v) is 16.2. The Morgan fingerprint density at radius 1 is 0.964 bits per heavy atom. The van der Waals surface area contributed by atoms with Gasteiger partial charge in [-0.05, 0) is 61.1 Å². The highest BCUT2D eigenvalue weighted by atomic mass is 16.5. The largest absolute Gasteiger partial charge is 0.493 e. The van der Waals surface area contributed by atoms with Crippen LogP contribution in [-0.4, -0.2) is 35.2 Å². The highest BCUT2D eigenvalue weighted by Gasteiger charge is 2.19. The van der Waals surface area contributed by atoms with E-state index in [0.29, 0.717) is 28.2 Å². The molecule has 1 aliphatic heterocycles. The maximum Gasteiger partial charge on any atom is 0.204 e. The molecule has 2 aromatic carbocycles. The lowest BCUT2D eigenvalue weighted by Crippen LogP contribution is -2.29. The number of piperidine rings is 1. The van der Waals surface area contributed by atoms with E-state index in [1.54, 1.807) is 19.2 Å². The van der Waals surface area contributed by atoms with Crippen LogP contribution in [0.25, 0.3) is 22.3 Å². The summed E-state index contributed by atoms with van der Waals surface area (Å²) in [5, 5.41) is 0.365. The highest BCUT2D eigenvalue weighted by Crippen LogP contribution is 2.35. The third-order valence-electron chi connectivity index (χ3n) is 5.29. The fourth-order valence-corrected chi connectivity index (χ4v) is 3.77. The van der Waals surface area contributed by atoms with E-state index >= 15 is 0 Å². The first-order valence-electron chi connectivity index (χ1n) is 9.46. The molecular formula is C22H22BNO4. The summed E-state index contributed by atoms with van der Waals surface area (Å²) < 4.78 is 16.8. The van der Waals surface area contributed by atoms with Crippen LogP contribution in [0.3, 0.4) is 0 Å². The monoisotopic (exact) mass is 375 g/mol. The SMILES string of the molecule is [B]c1c(-c2ccc(N3CCCCC3)cc2)oc2c(OC)c(OC)ccc2c1=O. The molecule has 1 fully saturated rings. The zero-order chi connectivity index (χ0) is 19.7. The average Bonchev–Trinajstić information content (AvgIpc) is 2.76. The van der Waals surface area contributed by atoms with Gasteiger partial charge in [-0.1, -0.05) is 0 Å². The van der Waals surface area contributed by atoms with Crippen molar-refractivity contribution in [1.82, 2.24) is 0 Å². The van der Waals surface area contributed by atoms with Gasteiger partial charge in [0.15, 0.2) is 16.8 Å². The predicted molar refractivity (Wildman–Crippen MR) is 112 cm³/mol. The first-order valence-corrected chi connectivity index (χ1v) is 9.46. The van der Waals surface area contributed by atoms with E-state index in [-0.39, 0.29) is 10.9 Å². The van der Waals surface area contributed by atoms with E-state index < -0.39 is 0 Å². The summed E-state index contributed by atoms with van der Waals surface area (Å²) in [5.74, 6) is 1.21. The summed E-state index contributed by atoms with van der Waals surface area (Å²) in [6, 6.07) is 11.3. The molecule has 0 unspecified atom stereocenters. The second kappa shape index (κ2) is 7.62. The first-order chi connectivity index (χ1) is 13.6. The average molecular weight is 375 g/mol. The second-order valence-electron chi connectivity index (χ2n) is 6.95. The van der Waals surface area contributed by atoms with Gasteiger partial charge in [0.1, 0.15) is 13.6 Å². The summed E-state index contributed by atoms with van der Waals surface area (Å²) >= 11 is 0. The molecule has 28 heavy (non-hydrogen) atoms. The summed E-state index contributed by atoms with van der Waals surface area (Å²) in [4.78, 5) is 15.2. The highest BCUT2D eigenvalue weighted by molar-refractivity contribution is 6.36. The van der Waals surface area contributed by atoms with E-state index in [4.69, 9.17) is 21.7 Å². The number of methoxy groups -OCH3 is 2. The fourth-order valence-electron chi connectivity index (χ4n) is 3.77. The van der Waals surface area contributed by atoms with Crippen LogP contribution >= 0.6 is 0 Å². The fraction of sp³-hybridized carbons (Fsp3) is 0.318. The molecule has 4 rings (SSSR count). The van der Waals surface area contributed by atoms with Gasteiger partial charge in [-0.15, -0.1) is 0 Å². The van der Waals surface area contributed by atoms with Crippen molar-refractivity contribution in [1.29, 1.82) is 0 Å². The van der Waals surface area contributed by atoms with Crippen molar-refractivity contribution in [2.45, 2.75) is 19.3 Å². The molecule has 6 heteroatoms. The smallest absolute Gasteiger partial charge is 0.204 e. The minimum absolute atomic E-state index is 0.0884. The molecule has 5 nitrogen and oxygen atoms in total. The molecule has 0 spiro atoms. The Bertz CT molecular complexity index is 1050. The van der Waals surface area contributed by atoms with Crippen LogP contribution in [0.4, 0.5) is 5.69 Å². The molecule has 0 amide bonds. The van der Waals surface area contributed by atoms with Gasteiger partial charge in [-0.25, -0.2) is 0 Å². The molecule has 3 aromatic rings. The molecule has 1 aromatic heterocycles. The van der Waals surface area contributed by atoms with Crippen molar-refractivity contribution < 1.29 is 13.9 Å². The Labute approximate surface area is 165 Å². The Morgan fingerprint density at radius 3 is 2.32 bits per heavy atom. The third-order valence-corrected chi connectivity index (χ3v) is 5.29. The van der Waals surface area contributed by atoms with Crippen LogP contribution in [0, 0.1) is 0 Å². The van der Waals surface area contributed by atoms with E-state index in [0.717, 1.165) is 18.7 Å². The van der Waals surface area contributed by atoms with Crippen molar-refractivity contribution in [2.24, 2.45) is 0 Å². The van der Waals surface area contributed by atoms with Gasteiger partial charge in [0.2, 0.25) is 5.75 Å². The lowest BCUT2D eigenvalue weighted by atomic mass is 9.90. The van der Waals surface area contributed by atoms with Gasteiger partial charge >= 0.3 is 0 Å². The van der Waals surface area contributed by atoms with Crippen molar-refractivity contribution in [3.05, 3.63) is 46.6 Å². The van der Waals surface area contributed by atoms with E-state index in [1.165, 1.54) is 32.1 Å². The van der Waals surface area contributed by atoms with Gasteiger partial charge < -0.3 is 18.8 Å². The Kier molecular flexibility index (Phi) is 5.03. The van der Waals surface area contributed by atoms with Gasteiger partial charge in [-0.2, -0.15) is 0 Å². The second-order valence-corrected chi connectivity index (χ2v) is 6.95. The topological polar surface area (TPSA) is 51.9 Å². The minimum Gasteiger partial charge on any atom is -0.493 e. The molecule has 1 aliphatic rings. The quantitative estimate of drug-likeness (QED) is 0.656. The summed E-state index contributed by atoms with van der Waals surface area (Å²) in [6.45, 7) is 2.15. The minimum atomic E-state index is -0.280. The van der Waals surface area contributed by atoms with Crippen molar-refractivity contribution in [2.75, 3.05) is 32.2 Å². The maximum atomic E-state index is 12.8. The first kappa shape index (κ1) is 18.5. The zero-order valence-electron chi connectivity index (χ0n) is 16.2. The maximum absolute atomic E-state index is 12.8. The van der Waals surface area contributed by atoms with Crippen molar-refractivity contribution in [3.8, 4) is 22.8 Å². The van der Waals surface area contributed by atoms with Crippen LogP contribution in [0.5, 0.6) is 11.5 Å². The van der Waals surface area contributed by atoms with Crippen LogP contribution in [-0.2, 0) is 0 Å². The molecule has 2 heterocycles. The summed E-state index contributed by atoms with van der Waals surface area (Å²) in [6.07, 6.45) is 3.73. The number of rotatable bonds is 4. The van der Waals surface area contributed by atoms with Crippen LogP contribution in [0.15, 0.2) is 45.6 Å². The molecule has 0 N–H and O–H groups in total. The van der Waals surface area contributed by atoms with Crippen LogP contribution < -0.4 is 25.3 Å². The summed E-state index contributed by atoms with van der Waals surface area (Å²) in [5.41, 5.74) is 2.06. The Morgan fingerprint density at radius 2 is 1.68 bits per heavy atom. The van der Waals surface area contributed by atoms with Crippen LogP contribution in [0.1, 0.15) is 19.3 Å². The lowest BCUT2D eigenvalue weighted by molar-refractivity contribution is 0.353. The van der Waals surface area contributed by atoms with Gasteiger partial charge in [0, 0.05) is 24.3 Å². The number of benzene rings is 2. The molecule has 142 valence electrons. The normalized spacial score (nSPS) is 14.3. The van der Waals surface area contributed by atoms with Crippen molar-refractivity contribution >= 4 is 30.0 Å². The lowest BCUT2D eigenvalue weighted by Gasteiger charge is -2.28. The van der Waals surface area contributed by atoms with Crippen molar-refractivity contribution in [3.63, 3.8) is 0 Å². The molecule has 0 atom stereocenters. The third kappa shape index (κ3) is 3.13. The van der Waals surface area contributed by atoms with Gasteiger partial charge in [0.05, 0.1) is 19.6 Å². The Hall–Kier alpha value is -2.89. The molecule has 0 aliphatic carbocycles. The number of anilines is 1. The number of fused-ring (bicyclic) bond motifs is 1.